The summed E-state index contributed by atoms with van der Waals surface area (Å²) in [7, 11) is 0. The van der Waals surface area contributed by atoms with Gasteiger partial charge in [0.2, 0.25) is 0 Å². The number of pyridine rings is 1. The average Bonchev–Trinajstić information content (AvgIpc) is 2.78. The number of nitrogens with two attached hydrogens (primary N) is 1. The van der Waals surface area contributed by atoms with Crippen molar-refractivity contribution in [3.05, 3.63) is 29.6 Å². The second-order valence-electron chi connectivity index (χ2n) is 5.71. The van der Waals surface area contributed by atoms with Crippen LogP contribution in [0.1, 0.15) is 24.1 Å². The van der Waals surface area contributed by atoms with E-state index in [0.29, 0.717) is 6.04 Å². The molecule has 1 saturated heterocycles. The molecular formula is C14H21N3. The predicted molar refractivity (Wildman–Crippen MR) is 68.4 cm³/mol. The van der Waals surface area contributed by atoms with Gasteiger partial charge in [0, 0.05) is 31.9 Å². The third kappa shape index (κ3) is 2.22. The minimum atomic E-state index is 0.462. The van der Waals surface area contributed by atoms with Crippen molar-refractivity contribution in [3.8, 4) is 0 Å². The molecule has 2 aliphatic rings. The Balaban J connectivity index is 1.64. The van der Waals surface area contributed by atoms with Gasteiger partial charge in [-0.1, -0.05) is 6.07 Å². The first-order chi connectivity index (χ1) is 8.22. The standard InChI is InChI=1S/C14H21N3/c1-10-3-2-4-16-14(10)9-17-7-11-5-13(15)6-12(11)8-17/h2-4,11-13H,5-9,15H2,1H3/t11-,12?,13+/m0/s1. The van der Waals surface area contributed by atoms with Gasteiger partial charge in [0.15, 0.2) is 0 Å². The fourth-order valence-electron chi connectivity index (χ4n) is 3.47. The smallest absolute Gasteiger partial charge is 0.0573 e. The summed E-state index contributed by atoms with van der Waals surface area (Å²) in [6.45, 7) is 5.59. The van der Waals surface area contributed by atoms with Gasteiger partial charge in [0.05, 0.1) is 5.69 Å². The van der Waals surface area contributed by atoms with E-state index < -0.39 is 0 Å². The van der Waals surface area contributed by atoms with Gasteiger partial charge in [-0.25, -0.2) is 0 Å². The van der Waals surface area contributed by atoms with Gasteiger partial charge < -0.3 is 5.73 Å². The summed E-state index contributed by atoms with van der Waals surface area (Å²) in [6.07, 6.45) is 4.35. The Morgan fingerprint density at radius 3 is 2.71 bits per heavy atom. The van der Waals surface area contributed by atoms with Crippen LogP contribution >= 0.6 is 0 Å². The number of nitrogens with zero attached hydrogens (tertiary/aromatic N) is 2. The molecule has 1 aromatic rings. The quantitative estimate of drug-likeness (QED) is 0.840. The van der Waals surface area contributed by atoms with Crippen molar-refractivity contribution in [2.24, 2.45) is 17.6 Å². The van der Waals surface area contributed by atoms with Gasteiger partial charge in [-0.2, -0.15) is 0 Å². The number of hydrogen-bond acceptors (Lipinski definition) is 3. The maximum Gasteiger partial charge on any atom is 0.0573 e. The van der Waals surface area contributed by atoms with Crippen molar-refractivity contribution < 1.29 is 0 Å². The highest BCUT2D eigenvalue weighted by Gasteiger charge is 2.39. The van der Waals surface area contributed by atoms with Crippen molar-refractivity contribution in [2.45, 2.75) is 32.4 Å². The summed E-state index contributed by atoms with van der Waals surface area (Å²) in [6, 6.07) is 4.62. The van der Waals surface area contributed by atoms with E-state index in [4.69, 9.17) is 5.73 Å². The SMILES string of the molecule is Cc1cccnc1CN1CC2C[C@H](N)C[C@H]2C1. The number of rotatable bonds is 2. The first kappa shape index (κ1) is 11.2. The largest absolute Gasteiger partial charge is 0.328 e. The van der Waals surface area contributed by atoms with Crippen LogP contribution in [0.4, 0.5) is 0 Å². The van der Waals surface area contributed by atoms with Crippen LogP contribution in [-0.2, 0) is 6.54 Å². The van der Waals surface area contributed by atoms with Gasteiger partial charge in [-0.3, -0.25) is 9.88 Å². The molecule has 17 heavy (non-hydrogen) atoms. The highest BCUT2D eigenvalue weighted by atomic mass is 15.2. The van der Waals surface area contributed by atoms with Crippen LogP contribution < -0.4 is 5.73 Å². The highest BCUT2D eigenvalue weighted by molar-refractivity contribution is 5.17. The third-order valence-electron chi connectivity index (χ3n) is 4.35. The molecule has 1 aromatic heterocycles. The molecule has 0 amide bonds. The second kappa shape index (κ2) is 4.39. The lowest BCUT2D eigenvalue weighted by atomic mass is 10.0. The third-order valence-corrected chi connectivity index (χ3v) is 4.35. The van der Waals surface area contributed by atoms with Crippen LogP contribution in [-0.4, -0.2) is 29.0 Å². The summed E-state index contributed by atoms with van der Waals surface area (Å²) in [5.41, 5.74) is 8.56. The average molecular weight is 231 g/mol. The Hall–Kier alpha value is -0.930. The van der Waals surface area contributed by atoms with Crippen molar-refractivity contribution in [2.75, 3.05) is 13.1 Å². The van der Waals surface area contributed by atoms with Crippen molar-refractivity contribution in [3.63, 3.8) is 0 Å². The molecule has 2 N–H and O–H groups in total. The van der Waals surface area contributed by atoms with E-state index in [-0.39, 0.29) is 0 Å². The van der Waals surface area contributed by atoms with Gasteiger partial charge in [-0.15, -0.1) is 0 Å². The summed E-state index contributed by atoms with van der Waals surface area (Å²) >= 11 is 0. The lowest BCUT2D eigenvalue weighted by Gasteiger charge is -2.18. The van der Waals surface area contributed by atoms with Crippen molar-refractivity contribution >= 4 is 0 Å². The summed E-state index contributed by atoms with van der Waals surface area (Å²) in [5, 5.41) is 0. The molecule has 0 bridgehead atoms. The Morgan fingerprint density at radius 2 is 2.06 bits per heavy atom. The molecule has 3 heteroatoms. The molecule has 1 saturated carbocycles. The molecule has 1 unspecified atom stereocenters. The molecule has 1 aliphatic heterocycles. The Morgan fingerprint density at radius 1 is 1.35 bits per heavy atom. The van der Waals surface area contributed by atoms with Gasteiger partial charge in [-0.05, 0) is 43.2 Å². The van der Waals surface area contributed by atoms with E-state index in [2.05, 4.69) is 22.9 Å². The number of aromatic nitrogens is 1. The second-order valence-corrected chi connectivity index (χ2v) is 5.71. The summed E-state index contributed by atoms with van der Waals surface area (Å²) < 4.78 is 0. The van der Waals surface area contributed by atoms with E-state index in [0.717, 1.165) is 18.4 Å². The summed E-state index contributed by atoms with van der Waals surface area (Å²) in [4.78, 5) is 7.04. The van der Waals surface area contributed by atoms with Crippen LogP contribution in [0.5, 0.6) is 0 Å². The first-order valence-electron chi connectivity index (χ1n) is 6.61. The summed E-state index contributed by atoms with van der Waals surface area (Å²) in [5.74, 6) is 1.68. The lowest BCUT2D eigenvalue weighted by Crippen LogP contribution is -2.25. The maximum atomic E-state index is 6.02. The molecule has 3 nitrogen and oxygen atoms in total. The fraction of sp³-hybridized carbons (Fsp3) is 0.643. The van der Waals surface area contributed by atoms with Crippen LogP contribution in [0.2, 0.25) is 0 Å². The molecule has 2 heterocycles. The van der Waals surface area contributed by atoms with Crippen LogP contribution in [0.25, 0.3) is 0 Å². The first-order valence-corrected chi connectivity index (χ1v) is 6.61. The molecule has 3 rings (SSSR count). The van der Waals surface area contributed by atoms with E-state index in [9.17, 15) is 0 Å². The molecular weight excluding hydrogens is 210 g/mol. The Labute approximate surface area is 103 Å². The van der Waals surface area contributed by atoms with Crippen molar-refractivity contribution in [1.29, 1.82) is 0 Å². The minimum absolute atomic E-state index is 0.462. The minimum Gasteiger partial charge on any atom is -0.328 e. The van der Waals surface area contributed by atoms with Crippen LogP contribution in [0.15, 0.2) is 18.3 Å². The van der Waals surface area contributed by atoms with E-state index >= 15 is 0 Å². The molecule has 0 aromatic carbocycles. The number of aryl methyl sites for hydroxylation is 1. The molecule has 0 radical (unpaired) electrons. The zero-order valence-electron chi connectivity index (χ0n) is 10.5. The normalized spacial score (nSPS) is 32.9. The highest BCUT2D eigenvalue weighted by Crippen LogP contribution is 2.37. The lowest BCUT2D eigenvalue weighted by molar-refractivity contribution is 0.295. The van der Waals surface area contributed by atoms with Gasteiger partial charge in [0.1, 0.15) is 0 Å². The Kier molecular flexibility index (Phi) is 2.89. The Bertz CT molecular complexity index is 390. The zero-order chi connectivity index (χ0) is 11.8. The molecule has 92 valence electrons. The molecule has 1 aliphatic carbocycles. The maximum absolute atomic E-state index is 6.02. The monoisotopic (exact) mass is 231 g/mol. The number of likely N-dealkylation sites (tertiary alicyclic amines) is 1. The predicted octanol–water partition coefficient (Wildman–Crippen LogP) is 1.56. The number of hydrogen-bond donors (Lipinski definition) is 1. The van der Waals surface area contributed by atoms with E-state index in [1.54, 1.807) is 0 Å². The van der Waals surface area contributed by atoms with Gasteiger partial charge >= 0.3 is 0 Å². The van der Waals surface area contributed by atoms with Crippen molar-refractivity contribution in [1.82, 2.24) is 9.88 Å². The topological polar surface area (TPSA) is 42.2 Å². The van der Waals surface area contributed by atoms with Crippen LogP contribution in [0.3, 0.4) is 0 Å². The number of fused-ring (bicyclic) bond motifs is 1. The van der Waals surface area contributed by atoms with Gasteiger partial charge in [0.25, 0.3) is 0 Å². The molecule has 3 atom stereocenters. The van der Waals surface area contributed by atoms with E-state index in [1.165, 1.54) is 37.2 Å². The molecule has 0 spiro atoms. The van der Waals surface area contributed by atoms with E-state index in [1.807, 2.05) is 12.3 Å². The van der Waals surface area contributed by atoms with Crippen LogP contribution in [0, 0.1) is 18.8 Å². The fourth-order valence-corrected chi connectivity index (χ4v) is 3.47. The molecule has 2 fully saturated rings. The zero-order valence-corrected chi connectivity index (χ0v) is 10.5.